The number of ether oxygens (including phenoxy) is 2. The van der Waals surface area contributed by atoms with Gasteiger partial charge >= 0.3 is 0 Å². The van der Waals surface area contributed by atoms with Gasteiger partial charge in [0.05, 0.1) is 6.04 Å². The second-order valence-electron chi connectivity index (χ2n) is 6.03. The first-order chi connectivity index (χ1) is 11.1. The Morgan fingerprint density at radius 2 is 2.26 bits per heavy atom. The van der Waals surface area contributed by atoms with Crippen molar-refractivity contribution in [3.8, 4) is 0 Å². The van der Waals surface area contributed by atoms with Crippen molar-refractivity contribution in [1.82, 2.24) is 9.88 Å². The van der Waals surface area contributed by atoms with E-state index < -0.39 is 6.29 Å². The van der Waals surface area contributed by atoms with Gasteiger partial charge in [-0.1, -0.05) is 0 Å². The van der Waals surface area contributed by atoms with Crippen LogP contribution >= 0.6 is 0 Å². The fourth-order valence-corrected chi connectivity index (χ4v) is 3.22. The summed E-state index contributed by atoms with van der Waals surface area (Å²) < 4.78 is 10.8. The first-order valence-electron chi connectivity index (χ1n) is 8.00. The fraction of sp³-hybridized carbons (Fsp3) is 0.625. The van der Waals surface area contributed by atoms with E-state index in [1.54, 1.807) is 19.1 Å². The fourth-order valence-electron chi connectivity index (χ4n) is 3.22. The van der Waals surface area contributed by atoms with Crippen LogP contribution in [0.25, 0.3) is 0 Å². The number of nitrogens with zero attached hydrogens (tertiary/aromatic N) is 2. The number of aromatic nitrogens is 1. The third-order valence-electron chi connectivity index (χ3n) is 4.48. The van der Waals surface area contributed by atoms with Crippen molar-refractivity contribution in [2.75, 3.05) is 32.6 Å². The number of rotatable bonds is 5. The summed E-state index contributed by atoms with van der Waals surface area (Å²) in [4.78, 5) is 18.6. The van der Waals surface area contributed by atoms with Gasteiger partial charge in [-0.3, -0.25) is 4.79 Å². The van der Waals surface area contributed by atoms with Gasteiger partial charge in [-0.15, -0.1) is 0 Å². The quantitative estimate of drug-likeness (QED) is 0.780. The van der Waals surface area contributed by atoms with Gasteiger partial charge in [0, 0.05) is 33.9 Å². The molecule has 23 heavy (non-hydrogen) atoms. The second-order valence-corrected chi connectivity index (χ2v) is 6.03. The van der Waals surface area contributed by atoms with Gasteiger partial charge in [-0.25, -0.2) is 4.98 Å². The van der Waals surface area contributed by atoms with Crippen molar-refractivity contribution in [2.24, 2.45) is 5.73 Å². The Balaban J connectivity index is 1.94. The highest BCUT2D eigenvalue weighted by Crippen LogP contribution is 2.29. The summed E-state index contributed by atoms with van der Waals surface area (Å²) in [5.74, 6) is 0.886. The predicted molar refractivity (Wildman–Crippen MR) is 85.8 cm³/mol. The van der Waals surface area contributed by atoms with E-state index in [0.29, 0.717) is 19.5 Å². The molecule has 2 aliphatic rings. The van der Waals surface area contributed by atoms with Crippen molar-refractivity contribution in [2.45, 2.75) is 38.1 Å². The minimum Gasteiger partial charge on any atom is -0.370 e. The summed E-state index contributed by atoms with van der Waals surface area (Å²) in [6.45, 7) is 2.09. The van der Waals surface area contributed by atoms with Gasteiger partial charge in [0.15, 0.2) is 0 Å². The monoisotopic (exact) mass is 320 g/mol. The minimum atomic E-state index is -0.551. The van der Waals surface area contributed by atoms with Gasteiger partial charge < -0.3 is 25.4 Å². The lowest BCUT2D eigenvalue weighted by Crippen LogP contribution is -2.34. The SMILES string of the molecule is COC(OC)c1nc2c(cc1CN1CC[C@H](N)C1=O)CCCN2. The molecule has 3 rings (SSSR count). The Morgan fingerprint density at radius 1 is 1.48 bits per heavy atom. The molecular formula is C16H24N4O3. The molecule has 0 aromatic carbocycles. The highest BCUT2D eigenvalue weighted by atomic mass is 16.7. The maximum atomic E-state index is 12.1. The molecule has 1 aromatic rings. The summed E-state index contributed by atoms with van der Waals surface area (Å²) in [6, 6.07) is 1.73. The number of carbonyl (C=O) groups excluding carboxylic acids is 1. The molecule has 3 N–H and O–H groups in total. The van der Waals surface area contributed by atoms with Crippen LogP contribution in [0.15, 0.2) is 6.07 Å². The Morgan fingerprint density at radius 3 is 2.91 bits per heavy atom. The molecule has 7 heteroatoms. The number of nitrogens with one attached hydrogen (secondary N) is 1. The number of hydrogen-bond acceptors (Lipinski definition) is 6. The molecule has 1 fully saturated rings. The summed E-state index contributed by atoms with van der Waals surface area (Å²) in [7, 11) is 3.17. The van der Waals surface area contributed by atoms with Crippen molar-refractivity contribution >= 4 is 11.7 Å². The maximum Gasteiger partial charge on any atom is 0.239 e. The molecule has 0 spiro atoms. The highest BCUT2D eigenvalue weighted by Gasteiger charge is 2.30. The number of hydrogen-bond donors (Lipinski definition) is 2. The van der Waals surface area contributed by atoms with E-state index in [1.807, 2.05) is 0 Å². The van der Waals surface area contributed by atoms with E-state index in [9.17, 15) is 4.79 Å². The molecule has 3 heterocycles. The average molecular weight is 320 g/mol. The average Bonchev–Trinajstić information content (AvgIpc) is 2.88. The molecule has 0 bridgehead atoms. The lowest BCUT2D eigenvalue weighted by Gasteiger charge is -2.25. The Labute approximate surface area is 136 Å². The number of likely N-dealkylation sites (tertiary alicyclic amines) is 1. The predicted octanol–water partition coefficient (Wildman–Crippen LogP) is 0.791. The summed E-state index contributed by atoms with van der Waals surface area (Å²) in [5, 5.41) is 3.32. The zero-order valence-electron chi connectivity index (χ0n) is 13.7. The lowest BCUT2D eigenvalue weighted by atomic mass is 10.0. The van der Waals surface area contributed by atoms with Crippen molar-refractivity contribution in [3.05, 3.63) is 22.9 Å². The molecular weight excluding hydrogens is 296 g/mol. The van der Waals surface area contributed by atoms with E-state index in [1.165, 1.54) is 5.56 Å². The molecule has 1 amide bonds. The first-order valence-corrected chi connectivity index (χ1v) is 8.00. The first kappa shape index (κ1) is 16.2. The van der Waals surface area contributed by atoms with Crippen LogP contribution < -0.4 is 11.1 Å². The van der Waals surface area contributed by atoms with E-state index in [2.05, 4.69) is 11.4 Å². The molecule has 1 atom stereocenters. The number of fused-ring (bicyclic) bond motifs is 1. The lowest BCUT2D eigenvalue weighted by molar-refractivity contribution is -0.129. The van der Waals surface area contributed by atoms with Crippen LogP contribution in [0.4, 0.5) is 5.82 Å². The summed E-state index contributed by atoms with van der Waals surface area (Å²) >= 11 is 0. The van der Waals surface area contributed by atoms with Gasteiger partial charge in [0.1, 0.15) is 11.5 Å². The highest BCUT2D eigenvalue weighted by molar-refractivity contribution is 5.83. The number of carbonyl (C=O) groups is 1. The molecule has 7 nitrogen and oxygen atoms in total. The molecule has 1 saturated heterocycles. The van der Waals surface area contributed by atoms with Crippen LogP contribution in [0.3, 0.4) is 0 Å². The van der Waals surface area contributed by atoms with Gasteiger partial charge in [-0.05, 0) is 36.5 Å². The summed E-state index contributed by atoms with van der Waals surface area (Å²) in [5.41, 5.74) is 8.68. The Kier molecular flexibility index (Phi) is 4.79. The maximum absolute atomic E-state index is 12.1. The van der Waals surface area contributed by atoms with E-state index in [0.717, 1.165) is 36.5 Å². The van der Waals surface area contributed by atoms with Crippen molar-refractivity contribution in [3.63, 3.8) is 0 Å². The zero-order valence-corrected chi connectivity index (χ0v) is 13.7. The third kappa shape index (κ3) is 3.17. The minimum absolute atomic E-state index is 0.00169. The standard InChI is InChI=1S/C16H24N4O3/c1-22-16(23-2)13-11(9-20-7-5-12(17)15(20)21)8-10-4-3-6-18-14(10)19-13/h8,12,16H,3-7,9,17H2,1-2H3,(H,18,19)/t12-/m0/s1. The van der Waals surface area contributed by atoms with Crippen LogP contribution in [-0.4, -0.2) is 49.1 Å². The van der Waals surface area contributed by atoms with Gasteiger partial charge in [0.25, 0.3) is 0 Å². The van der Waals surface area contributed by atoms with E-state index in [-0.39, 0.29) is 11.9 Å². The molecule has 0 radical (unpaired) electrons. The smallest absolute Gasteiger partial charge is 0.239 e. The van der Waals surface area contributed by atoms with Crippen LogP contribution in [0.1, 0.15) is 36.0 Å². The van der Waals surface area contributed by atoms with E-state index >= 15 is 0 Å². The van der Waals surface area contributed by atoms with Crippen LogP contribution in [0.5, 0.6) is 0 Å². The van der Waals surface area contributed by atoms with Gasteiger partial charge in [-0.2, -0.15) is 0 Å². The van der Waals surface area contributed by atoms with E-state index in [4.69, 9.17) is 20.2 Å². The zero-order chi connectivity index (χ0) is 16.4. The number of amides is 1. The normalized spacial score (nSPS) is 20.8. The number of anilines is 1. The Bertz CT molecular complexity index is 589. The largest absolute Gasteiger partial charge is 0.370 e. The van der Waals surface area contributed by atoms with Gasteiger partial charge in [0.2, 0.25) is 12.2 Å². The molecule has 0 saturated carbocycles. The van der Waals surface area contributed by atoms with Crippen LogP contribution in [-0.2, 0) is 27.2 Å². The van der Waals surface area contributed by atoms with Crippen molar-refractivity contribution < 1.29 is 14.3 Å². The van der Waals surface area contributed by atoms with Crippen molar-refractivity contribution in [1.29, 1.82) is 0 Å². The number of methoxy groups -OCH3 is 2. The molecule has 2 aliphatic heterocycles. The Hall–Kier alpha value is -1.70. The molecule has 1 aromatic heterocycles. The number of aryl methyl sites for hydroxylation is 1. The number of nitrogens with two attached hydrogens (primary N) is 1. The second kappa shape index (κ2) is 6.82. The van der Waals surface area contributed by atoms with Crippen LogP contribution in [0, 0.1) is 0 Å². The third-order valence-corrected chi connectivity index (χ3v) is 4.48. The summed E-state index contributed by atoms with van der Waals surface area (Å²) in [6.07, 6.45) is 2.22. The number of pyridine rings is 1. The molecule has 0 unspecified atom stereocenters. The molecule has 126 valence electrons. The van der Waals surface area contributed by atoms with Crippen LogP contribution in [0.2, 0.25) is 0 Å². The topological polar surface area (TPSA) is 89.7 Å². The molecule has 0 aliphatic carbocycles.